The van der Waals surface area contributed by atoms with Gasteiger partial charge in [-0.25, -0.2) is 9.97 Å². The van der Waals surface area contributed by atoms with E-state index in [1.54, 1.807) is 74.4 Å². The molecule has 0 saturated heterocycles. The summed E-state index contributed by atoms with van der Waals surface area (Å²) in [7, 11) is 0. The molecule has 20 aromatic rings. The van der Waals surface area contributed by atoms with Gasteiger partial charge in [-0.3, -0.25) is 59.8 Å². The minimum atomic E-state index is 0. The number of rotatable bonds is 0. The van der Waals surface area contributed by atoms with Gasteiger partial charge in [0.05, 0.1) is 111 Å². The van der Waals surface area contributed by atoms with Gasteiger partial charge in [0.25, 0.3) is 0 Å². The number of benzene rings is 7. The molecule has 0 unspecified atom stereocenters. The first-order valence-electron chi connectivity index (χ1n) is 30.4. The van der Waals surface area contributed by atoms with E-state index in [9.17, 15) is 0 Å². The minimum absolute atomic E-state index is 0. The van der Waals surface area contributed by atoms with Crippen LogP contribution in [0.2, 0.25) is 0 Å². The van der Waals surface area contributed by atoms with E-state index < -0.39 is 0 Å². The van der Waals surface area contributed by atoms with E-state index in [2.05, 4.69) is 192 Å². The van der Waals surface area contributed by atoms with Crippen molar-refractivity contribution in [2.24, 2.45) is 0 Å². The van der Waals surface area contributed by atoms with Crippen molar-refractivity contribution in [2.75, 3.05) is 10.6 Å². The summed E-state index contributed by atoms with van der Waals surface area (Å²) in [5, 5.41) is 20.3. The van der Waals surface area contributed by atoms with Crippen molar-refractivity contribution in [1.82, 2.24) is 69.8 Å². The molecule has 21 rings (SSSR count). The van der Waals surface area contributed by atoms with Crippen LogP contribution in [0, 0.1) is 0 Å². The summed E-state index contributed by atoms with van der Waals surface area (Å²) in [6, 6.07) is 68.6. The second kappa shape index (κ2) is 26.1. The number of hydrogen-bond donors (Lipinski definition) is 2. The zero-order valence-electron chi connectivity index (χ0n) is 50.5. The normalized spacial score (nSPS) is 11.3. The molecule has 14 heterocycles. The molecule has 7 aromatic carbocycles. The first-order valence-corrected chi connectivity index (χ1v) is 30.4. The number of nitrogens with one attached hydrogen (secondary N) is 2. The molecular weight excluding hydrogens is 1360 g/mol. The van der Waals surface area contributed by atoms with Gasteiger partial charge in [0.15, 0.2) is 0 Å². The molecule has 1 aliphatic heterocycles. The van der Waals surface area contributed by atoms with Crippen LogP contribution in [0.1, 0.15) is 0 Å². The summed E-state index contributed by atoms with van der Waals surface area (Å²) in [5.74, 6) is 0. The Balaban J connectivity index is 0.000000108. The van der Waals surface area contributed by atoms with Gasteiger partial charge in [-0.15, -0.1) is 0 Å². The number of fused-ring (bicyclic) bond motifs is 26. The van der Waals surface area contributed by atoms with Gasteiger partial charge in [0, 0.05) is 178 Å². The van der Waals surface area contributed by atoms with Crippen molar-refractivity contribution < 1.29 is 39.0 Å². The summed E-state index contributed by atoms with van der Waals surface area (Å²) in [5.41, 5.74) is 18.2. The maximum absolute atomic E-state index is 5.11. The van der Waals surface area contributed by atoms with Crippen molar-refractivity contribution in [3.8, 4) is 0 Å². The van der Waals surface area contributed by atoms with E-state index in [1.165, 1.54) is 0 Å². The zero-order valence-corrected chi connectivity index (χ0v) is 54.0. The Morgan fingerprint density at radius 3 is 0.604 bits per heavy atom. The summed E-state index contributed by atoms with van der Waals surface area (Å²) in [6.45, 7) is 0. The maximum atomic E-state index is 5.11. The first kappa shape index (κ1) is 60.2. The Labute approximate surface area is 571 Å². The fourth-order valence-corrected chi connectivity index (χ4v) is 12.4. The number of hydrogen-bond acceptors (Lipinski definition) is 16. The summed E-state index contributed by atoms with van der Waals surface area (Å²) < 4.78 is 0. The molecule has 96 heavy (non-hydrogen) atoms. The van der Waals surface area contributed by atoms with Gasteiger partial charge in [-0.1, -0.05) is 97.1 Å². The predicted molar refractivity (Wildman–Crippen MR) is 379 cm³/mol. The zero-order chi connectivity index (χ0) is 62.3. The van der Waals surface area contributed by atoms with Crippen LogP contribution in [0.5, 0.6) is 0 Å². The van der Waals surface area contributed by atoms with Crippen LogP contribution in [0.3, 0.4) is 0 Å². The average Bonchev–Trinajstić information content (AvgIpc) is 0.730. The van der Waals surface area contributed by atoms with Crippen LogP contribution in [-0.2, 0) is 39.0 Å². The predicted octanol–water partition coefficient (Wildman–Crippen LogP) is 17.9. The topological polar surface area (TPSA) is 205 Å². The molecule has 16 nitrogen and oxygen atoms in total. The molecule has 1 aliphatic rings. The summed E-state index contributed by atoms with van der Waals surface area (Å²) >= 11 is 0. The first-order chi connectivity index (χ1) is 46.6. The molecule has 0 amide bonds. The van der Waals surface area contributed by atoms with E-state index in [0.29, 0.717) is 0 Å². The third-order valence-corrected chi connectivity index (χ3v) is 16.7. The third-order valence-electron chi connectivity index (χ3n) is 16.7. The second-order valence-corrected chi connectivity index (χ2v) is 22.3. The van der Waals surface area contributed by atoms with Crippen LogP contribution >= 0.6 is 0 Å². The van der Waals surface area contributed by atoms with E-state index in [-0.39, 0.29) is 39.0 Å². The van der Waals surface area contributed by atoms with Crippen molar-refractivity contribution >= 4 is 176 Å². The maximum Gasteiger partial charge on any atom is 0.0996 e. The Morgan fingerprint density at radius 1 is 0.188 bits per heavy atom. The van der Waals surface area contributed by atoms with E-state index in [4.69, 9.17) is 9.97 Å². The number of pyridine rings is 12. The van der Waals surface area contributed by atoms with Crippen LogP contribution in [0.25, 0.3) is 153 Å². The average molecular weight is 1410 g/mol. The molecule has 18 heteroatoms. The fourth-order valence-electron chi connectivity index (χ4n) is 12.4. The van der Waals surface area contributed by atoms with Gasteiger partial charge >= 0.3 is 0 Å². The van der Waals surface area contributed by atoms with Crippen molar-refractivity contribution in [3.63, 3.8) is 0 Å². The van der Waals surface area contributed by atoms with Gasteiger partial charge in [0.1, 0.15) is 0 Å². The molecule has 0 atom stereocenters. The van der Waals surface area contributed by atoms with Gasteiger partial charge in [-0.2, -0.15) is 0 Å². The molecule has 0 aliphatic carbocycles. The van der Waals surface area contributed by atoms with Crippen LogP contribution < -0.4 is 10.6 Å². The molecule has 456 valence electrons. The molecule has 2 N–H and O–H groups in total. The molecule has 0 bridgehead atoms. The Bertz CT molecular complexity index is 5560. The van der Waals surface area contributed by atoms with E-state index >= 15 is 0 Å². The quantitative estimate of drug-likeness (QED) is 0.0823. The largest absolute Gasteiger partial charge is 0.351 e. The molecule has 0 radical (unpaired) electrons. The standard InChI is InChI=1S/C30H16N8.4C12H8N2.2Ru/c1-5-15-23(31-9-1)24-16(6-2-10-32-24)28-27(15)35-19-13-21-22(14-20(19)36-28)38-30-18-8-4-12-34-26(18)25-17(29(30)37-21)7-3-11-33-25;4*1-3-9-5-6-10-4-2-8-14-12(10)11(9)13-7-1;;/h1-14,35-36H;4*1-8H;;. The van der Waals surface area contributed by atoms with E-state index in [1.807, 2.05) is 84.9 Å². The molecule has 0 spiro atoms. The summed E-state index contributed by atoms with van der Waals surface area (Å²) in [4.78, 5) is 63.5. The van der Waals surface area contributed by atoms with E-state index in [0.717, 1.165) is 176 Å². The minimum Gasteiger partial charge on any atom is -0.351 e. The number of anilines is 4. The van der Waals surface area contributed by atoms with Crippen LogP contribution in [-0.4, -0.2) is 69.8 Å². The van der Waals surface area contributed by atoms with Crippen molar-refractivity contribution in [1.29, 1.82) is 0 Å². The summed E-state index contributed by atoms with van der Waals surface area (Å²) in [6.07, 6.45) is 21.6. The molecule has 13 aromatic heterocycles. The second-order valence-electron chi connectivity index (χ2n) is 22.3. The molecular formula is C78H48N16Ru2. The molecule has 0 saturated carbocycles. The third kappa shape index (κ3) is 11.1. The Morgan fingerprint density at radius 2 is 0.375 bits per heavy atom. The van der Waals surface area contributed by atoms with Gasteiger partial charge in [0.2, 0.25) is 0 Å². The van der Waals surface area contributed by atoms with Crippen molar-refractivity contribution in [3.05, 3.63) is 281 Å². The number of nitrogens with zero attached hydrogens (tertiary/aromatic N) is 14. The monoisotopic (exact) mass is 1410 g/mol. The SMILES string of the molecule is [Ru].[Ru].c1cnc2c(c1)c1c(c3cccnc32)Nc2cc3nc4c5cccnc5c5ncccc5c4nc3cc2N1.c1cnc2c(c1)ccc1cccnc12.c1cnc2c(c1)ccc1cccnc12.c1cnc2c(c1)ccc1cccnc12.c1cnc2c(c1)ccc1cccnc12. The van der Waals surface area contributed by atoms with Crippen LogP contribution in [0.15, 0.2) is 281 Å². The van der Waals surface area contributed by atoms with Gasteiger partial charge < -0.3 is 10.6 Å². The van der Waals surface area contributed by atoms with Crippen molar-refractivity contribution in [2.45, 2.75) is 0 Å². The smallest absolute Gasteiger partial charge is 0.0996 e. The van der Waals surface area contributed by atoms with Gasteiger partial charge in [-0.05, 0) is 109 Å². The Hall–Kier alpha value is -12.1. The fraction of sp³-hybridized carbons (Fsp3) is 0. The Kier molecular flexibility index (Phi) is 16.4. The number of aromatic nitrogens is 14. The molecule has 0 fully saturated rings. The van der Waals surface area contributed by atoms with Crippen LogP contribution in [0.4, 0.5) is 22.7 Å².